The van der Waals surface area contributed by atoms with Crippen molar-refractivity contribution in [3.63, 3.8) is 0 Å². The van der Waals surface area contributed by atoms with Crippen molar-refractivity contribution in [2.75, 3.05) is 12.4 Å². The van der Waals surface area contributed by atoms with E-state index in [1.807, 2.05) is 6.92 Å². The fraction of sp³-hybridized carbons (Fsp3) is 0.333. The van der Waals surface area contributed by atoms with Crippen LogP contribution in [0.4, 0.5) is 5.82 Å². The zero-order chi connectivity index (χ0) is 15.2. The van der Waals surface area contributed by atoms with E-state index in [0.29, 0.717) is 11.6 Å². The Morgan fingerprint density at radius 3 is 2.57 bits per heavy atom. The van der Waals surface area contributed by atoms with Crippen LogP contribution >= 0.6 is 0 Å². The third-order valence-corrected chi connectivity index (χ3v) is 3.00. The number of aromatic amines is 1. The molecule has 0 aliphatic carbocycles. The topological polar surface area (TPSA) is 76.2 Å². The molecule has 0 fully saturated rings. The Morgan fingerprint density at radius 1 is 1.33 bits per heavy atom. The minimum Gasteiger partial charge on any atom is -0.497 e. The van der Waals surface area contributed by atoms with Crippen LogP contribution in [0.1, 0.15) is 19.5 Å². The predicted octanol–water partition coefficient (Wildman–Crippen LogP) is 2.39. The maximum Gasteiger partial charge on any atom is 0.266 e. The fourth-order valence-electron chi connectivity index (χ4n) is 1.75. The van der Waals surface area contributed by atoms with Gasteiger partial charge in [0.15, 0.2) is 11.9 Å². The molecule has 6 heteroatoms. The number of carbonyl (C=O) groups excluding carboxylic acids is 1. The lowest BCUT2D eigenvalue weighted by atomic mass is 10.3. The number of hydrogen-bond donors (Lipinski definition) is 2. The summed E-state index contributed by atoms with van der Waals surface area (Å²) in [4.78, 5) is 12.0. The Balaban J connectivity index is 1.92. The van der Waals surface area contributed by atoms with E-state index in [2.05, 4.69) is 15.5 Å². The molecule has 112 valence electrons. The molecule has 0 bridgehead atoms. The molecule has 6 nitrogen and oxygen atoms in total. The van der Waals surface area contributed by atoms with E-state index in [-0.39, 0.29) is 5.91 Å². The highest BCUT2D eigenvalue weighted by Crippen LogP contribution is 2.18. The summed E-state index contributed by atoms with van der Waals surface area (Å²) >= 11 is 0. The number of aromatic nitrogens is 2. The van der Waals surface area contributed by atoms with Crippen LogP contribution in [0.2, 0.25) is 0 Å². The molecule has 0 saturated carbocycles. The third-order valence-electron chi connectivity index (χ3n) is 3.00. The highest BCUT2D eigenvalue weighted by atomic mass is 16.5. The van der Waals surface area contributed by atoms with Crippen LogP contribution in [-0.2, 0) is 11.2 Å². The van der Waals surface area contributed by atoms with Gasteiger partial charge >= 0.3 is 0 Å². The van der Waals surface area contributed by atoms with E-state index in [4.69, 9.17) is 9.47 Å². The molecular weight excluding hydrogens is 270 g/mol. The van der Waals surface area contributed by atoms with Gasteiger partial charge in [0.25, 0.3) is 5.91 Å². The molecule has 0 saturated heterocycles. The first kappa shape index (κ1) is 14.9. The first-order valence-electron chi connectivity index (χ1n) is 6.78. The molecule has 2 rings (SSSR count). The minimum atomic E-state index is -0.625. The minimum absolute atomic E-state index is 0.250. The lowest BCUT2D eigenvalue weighted by molar-refractivity contribution is -0.122. The number of carbonyl (C=O) groups is 1. The lowest BCUT2D eigenvalue weighted by Crippen LogP contribution is -2.30. The van der Waals surface area contributed by atoms with Crippen molar-refractivity contribution in [1.82, 2.24) is 10.2 Å². The van der Waals surface area contributed by atoms with E-state index in [1.54, 1.807) is 44.4 Å². The Labute approximate surface area is 123 Å². The van der Waals surface area contributed by atoms with Gasteiger partial charge in [-0.2, -0.15) is 5.10 Å². The molecule has 1 amide bonds. The molecule has 2 N–H and O–H groups in total. The average molecular weight is 289 g/mol. The molecule has 1 atom stereocenters. The van der Waals surface area contributed by atoms with Crippen molar-refractivity contribution in [1.29, 1.82) is 0 Å². The number of ether oxygens (including phenoxy) is 2. The number of methoxy groups -OCH3 is 1. The van der Waals surface area contributed by atoms with Gasteiger partial charge in [0.05, 0.1) is 7.11 Å². The van der Waals surface area contributed by atoms with E-state index in [0.717, 1.165) is 17.9 Å². The summed E-state index contributed by atoms with van der Waals surface area (Å²) in [5.74, 6) is 1.60. The fourth-order valence-corrected chi connectivity index (χ4v) is 1.75. The van der Waals surface area contributed by atoms with Crippen molar-refractivity contribution >= 4 is 11.7 Å². The maximum absolute atomic E-state index is 12.0. The summed E-state index contributed by atoms with van der Waals surface area (Å²) in [5, 5.41) is 9.56. The van der Waals surface area contributed by atoms with Crippen LogP contribution in [0.25, 0.3) is 0 Å². The third kappa shape index (κ3) is 3.98. The number of anilines is 1. The Kier molecular flexibility index (Phi) is 4.81. The first-order chi connectivity index (χ1) is 10.1. The van der Waals surface area contributed by atoms with Gasteiger partial charge in [-0.3, -0.25) is 9.89 Å². The van der Waals surface area contributed by atoms with Crippen LogP contribution in [-0.4, -0.2) is 29.3 Å². The molecule has 0 aliphatic heterocycles. The van der Waals surface area contributed by atoms with E-state index < -0.39 is 6.10 Å². The van der Waals surface area contributed by atoms with Crippen molar-refractivity contribution in [2.45, 2.75) is 26.4 Å². The summed E-state index contributed by atoms with van der Waals surface area (Å²) < 4.78 is 10.6. The molecule has 2 aromatic rings. The maximum atomic E-state index is 12.0. The van der Waals surface area contributed by atoms with Gasteiger partial charge in [-0.05, 0) is 37.6 Å². The van der Waals surface area contributed by atoms with E-state index in [9.17, 15) is 4.79 Å². The number of hydrogen-bond acceptors (Lipinski definition) is 4. The second-order valence-corrected chi connectivity index (χ2v) is 4.56. The van der Waals surface area contributed by atoms with E-state index in [1.165, 1.54) is 0 Å². The molecule has 1 unspecified atom stereocenters. The number of rotatable bonds is 6. The quantitative estimate of drug-likeness (QED) is 0.856. The molecule has 0 spiro atoms. The number of nitrogens with zero attached hydrogens (tertiary/aromatic N) is 1. The SMILES string of the molecule is CCc1cc(NC(=O)C(C)Oc2ccc(OC)cc2)n[nH]1. The molecule has 1 aromatic heterocycles. The van der Waals surface area contributed by atoms with Gasteiger partial charge in [0.1, 0.15) is 11.5 Å². The molecule has 0 radical (unpaired) electrons. The van der Waals surface area contributed by atoms with Gasteiger partial charge in [-0.1, -0.05) is 6.92 Å². The normalized spacial score (nSPS) is 11.8. The molecular formula is C15H19N3O3. The Hall–Kier alpha value is -2.50. The average Bonchev–Trinajstić information content (AvgIpc) is 2.95. The lowest BCUT2D eigenvalue weighted by Gasteiger charge is -2.14. The highest BCUT2D eigenvalue weighted by Gasteiger charge is 2.16. The zero-order valence-corrected chi connectivity index (χ0v) is 12.3. The monoisotopic (exact) mass is 289 g/mol. The van der Waals surface area contributed by atoms with Crippen molar-refractivity contribution in [3.05, 3.63) is 36.0 Å². The summed E-state index contributed by atoms with van der Waals surface area (Å²) in [5.41, 5.74) is 0.967. The molecule has 1 aromatic carbocycles. The zero-order valence-electron chi connectivity index (χ0n) is 12.3. The van der Waals surface area contributed by atoms with Crippen LogP contribution < -0.4 is 14.8 Å². The van der Waals surface area contributed by atoms with Crippen LogP contribution in [0.15, 0.2) is 30.3 Å². The Morgan fingerprint density at radius 2 is 2.00 bits per heavy atom. The highest BCUT2D eigenvalue weighted by molar-refractivity contribution is 5.93. The largest absolute Gasteiger partial charge is 0.497 e. The van der Waals surface area contributed by atoms with Crippen molar-refractivity contribution in [2.24, 2.45) is 0 Å². The Bertz CT molecular complexity index is 592. The smallest absolute Gasteiger partial charge is 0.266 e. The van der Waals surface area contributed by atoms with Gasteiger partial charge in [-0.15, -0.1) is 0 Å². The van der Waals surface area contributed by atoms with Gasteiger partial charge in [0.2, 0.25) is 0 Å². The number of nitrogens with one attached hydrogen (secondary N) is 2. The predicted molar refractivity (Wildman–Crippen MR) is 79.7 cm³/mol. The summed E-state index contributed by atoms with van der Waals surface area (Å²) in [6.07, 6.45) is 0.209. The van der Waals surface area contributed by atoms with Crippen LogP contribution in [0.5, 0.6) is 11.5 Å². The second-order valence-electron chi connectivity index (χ2n) is 4.56. The summed E-state index contributed by atoms with van der Waals surface area (Å²) in [7, 11) is 1.60. The van der Waals surface area contributed by atoms with Crippen LogP contribution in [0.3, 0.4) is 0 Å². The number of amides is 1. The standard InChI is InChI=1S/C15H19N3O3/c1-4-11-9-14(18-17-11)16-15(19)10(2)21-13-7-5-12(20-3)6-8-13/h5-10H,4H2,1-3H3,(H2,16,17,18,19). The number of H-pyrrole nitrogens is 1. The van der Waals surface area contributed by atoms with Crippen molar-refractivity contribution in [3.8, 4) is 11.5 Å². The summed E-state index contributed by atoms with van der Waals surface area (Å²) in [6, 6.07) is 8.87. The second kappa shape index (κ2) is 6.78. The van der Waals surface area contributed by atoms with Gasteiger partial charge in [0, 0.05) is 11.8 Å². The van der Waals surface area contributed by atoms with Gasteiger partial charge < -0.3 is 14.8 Å². The van der Waals surface area contributed by atoms with E-state index >= 15 is 0 Å². The van der Waals surface area contributed by atoms with Gasteiger partial charge in [-0.25, -0.2) is 0 Å². The summed E-state index contributed by atoms with van der Waals surface area (Å²) in [6.45, 7) is 3.70. The van der Waals surface area contributed by atoms with Crippen molar-refractivity contribution < 1.29 is 14.3 Å². The molecule has 21 heavy (non-hydrogen) atoms. The molecule has 0 aliphatic rings. The van der Waals surface area contributed by atoms with Crippen LogP contribution in [0, 0.1) is 0 Å². The molecule has 1 heterocycles. The number of aryl methyl sites for hydroxylation is 1. The number of benzene rings is 1. The first-order valence-corrected chi connectivity index (χ1v) is 6.78.